The van der Waals surface area contributed by atoms with Gasteiger partial charge in [0.15, 0.2) is 0 Å². The summed E-state index contributed by atoms with van der Waals surface area (Å²) in [7, 11) is 0. The fourth-order valence-electron chi connectivity index (χ4n) is 3.78. The maximum Gasteiger partial charge on any atom is 0.119 e. The van der Waals surface area contributed by atoms with Gasteiger partial charge in [-0.3, -0.25) is 0 Å². The Labute approximate surface area is 175 Å². The van der Waals surface area contributed by atoms with E-state index in [1.54, 1.807) is 6.07 Å². The van der Waals surface area contributed by atoms with Crippen LogP contribution < -0.4 is 4.74 Å². The maximum absolute atomic E-state index is 9.70. The molecule has 0 amide bonds. The summed E-state index contributed by atoms with van der Waals surface area (Å²) >= 11 is 0. The fourth-order valence-corrected chi connectivity index (χ4v) is 3.78. The molecule has 162 valence electrons. The summed E-state index contributed by atoms with van der Waals surface area (Å²) in [5.74, 6) is 1.26. The van der Waals surface area contributed by atoms with E-state index in [0.29, 0.717) is 5.75 Å². The highest BCUT2D eigenvalue weighted by Gasteiger charge is 2.01. The molecule has 2 heteroatoms. The quantitative estimate of drug-likeness (QED) is 0.240. The van der Waals surface area contributed by atoms with Crippen molar-refractivity contribution >= 4 is 0 Å². The number of rotatable bonds is 19. The van der Waals surface area contributed by atoms with Gasteiger partial charge in [-0.15, -0.1) is 0 Å². The third-order valence-corrected chi connectivity index (χ3v) is 5.70. The van der Waals surface area contributed by atoms with Gasteiger partial charge in [-0.1, -0.05) is 110 Å². The molecule has 1 rings (SSSR count). The van der Waals surface area contributed by atoms with Crippen molar-refractivity contribution < 1.29 is 9.84 Å². The van der Waals surface area contributed by atoms with Crippen LogP contribution in [0.1, 0.15) is 122 Å². The molecule has 1 aromatic rings. The van der Waals surface area contributed by atoms with Crippen LogP contribution in [0, 0.1) is 0 Å². The number of aromatic hydroxyl groups is 1. The van der Waals surface area contributed by atoms with E-state index in [0.717, 1.165) is 30.8 Å². The first kappa shape index (κ1) is 24.9. The number of ether oxygens (including phenoxy) is 1. The first-order valence-corrected chi connectivity index (χ1v) is 12.2. The Bertz CT molecular complexity index is 470. The number of phenols is 1. The van der Waals surface area contributed by atoms with Gasteiger partial charge in [0, 0.05) is 0 Å². The van der Waals surface area contributed by atoms with E-state index in [1.165, 1.54) is 96.3 Å². The van der Waals surface area contributed by atoms with Crippen LogP contribution in [-0.4, -0.2) is 11.7 Å². The lowest BCUT2D eigenvalue weighted by atomic mass is 10.0. The zero-order chi connectivity index (χ0) is 20.3. The van der Waals surface area contributed by atoms with Crippen LogP contribution in [0.3, 0.4) is 0 Å². The summed E-state index contributed by atoms with van der Waals surface area (Å²) in [6, 6.07) is 5.56. The smallest absolute Gasteiger partial charge is 0.119 e. The summed E-state index contributed by atoms with van der Waals surface area (Å²) in [4.78, 5) is 0. The van der Waals surface area contributed by atoms with E-state index in [4.69, 9.17) is 4.74 Å². The molecule has 1 N–H and O–H groups in total. The molecule has 0 atom stereocenters. The van der Waals surface area contributed by atoms with E-state index in [9.17, 15) is 5.11 Å². The van der Waals surface area contributed by atoms with Gasteiger partial charge in [-0.2, -0.15) is 0 Å². The zero-order valence-corrected chi connectivity index (χ0v) is 18.8. The van der Waals surface area contributed by atoms with E-state index >= 15 is 0 Å². The Morgan fingerprint density at radius 1 is 0.643 bits per heavy atom. The highest BCUT2D eigenvalue weighted by Crippen LogP contribution is 2.23. The monoisotopic (exact) mass is 390 g/mol. The molecule has 0 spiro atoms. The Morgan fingerprint density at radius 2 is 1.11 bits per heavy atom. The van der Waals surface area contributed by atoms with Gasteiger partial charge >= 0.3 is 0 Å². The largest absolute Gasteiger partial charge is 0.508 e. The molecule has 0 aliphatic carbocycles. The molecule has 0 heterocycles. The summed E-state index contributed by atoms with van der Waals surface area (Å²) in [6.07, 6.45) is 23.1. The van der Waals surface area contributed by atoms with Gasteiger partial charge < -0.3 is 9.84 Å². The van der Waals surface area contributed by atoms with Crippen LogP contribution in [0.25, 0.3) is 0 Å². The first-order chi connectivity index (χ1) is 13.8. The number of aryl methyl sites for hydroxylation is 1. The van der Waals surface area contributed by atoms with Crippen LogP contribution in [-0.2, 0) is 6.42 Å². The predicted octanol–water partition coefficient (Wildman–Crippen LogP) is 8.59. The second kappa shape index (κ2) is 17.9. The van der Waals surface area contributed by atoms with Gasteiger partial charge in [0.1, 0.15) is 11.5 Å². The number of benzene rings is 1. The number of hydrogen-bond acceptors (Lipinski definition) is 2. The van der Waals surface area contributed by atoms with Gasteiger partial charge in [0.2, 0.25) is 0 Å². The van der Waals surface area contributed by atoms with Crippen molar-refractivity contribution in [1.29, 1.82) is 0 Å². The Kier molecular flexibility index (Phi) is 15.9. The number of unbranched alkanes of at least 4 members (excludes halogenated alkanes) is 15. The first-order valence-electron chi connectivity index (χ1n) is 12.2. The molecule has 0 aromatic heterocycles. The van der Waals surface area contributed by atoms with Crippen LogP contribution in [0.5, 0.6) is 11.5 Å². The predicted molar refractivity (Wildman–Crippen MR) is 123 cm³/mol. The molecule has 0 saturated heterocycles. The topological polar surface area (TPSA) is 29.5 Å². The van der Waals surface area contributed by atoms with Crippen molar-refractivity contribution in [2.24, 2.45) is 0 Å². The molecular weight excluding hydrogens is 344 g/mol. The zero-order valence-electron chi connectivity index (χ0n) is 18.8. The average molecular weight is 391 g/mol. The van der Waals surface area contributed by atoms with Crippen LogP contribution in [0.4, 0.5) is 0 Å². The van der Waals surface area contributed by atoms with Crippen molar-refractivity contribution in [3.05, 3.63) is 23.8 Å². The van der Waals surface area contributed by atoms with Gasteiger partial charge in [0.05, 0.1) is 6.61 Å². The van der Waals surface area contributed by atoms with Crippen molar-refractivity contribution in [1.82, 2.24) is 0 Å². The molecule has 28 heavy (non-hydrogen) atoms. The Hall–Kier alpha value is -1.18. The van der Waals surface area contributed by atoms with Gasteiger partial charge in [0.25, 0.3) is 0 Å². The molecule has 0 radical (unpaired) electrons. The van der Waals surface area contributed by atoms with E-state index in [-0.39, 0.29) is 0 Å². The normalized spacial score (nSPS) is 11.1. The lowest BCUT2D eigenvalue weighted by Gasteiger charge is -2.08. The molecule has 0 aliphatic rings. The summed E-state index contributed by atoms with van der Waals surface area (Å²) in [5, 5.41) is 9.70. The highest BCUT2D eigenvalue weighted by molar-refractivity contribution is 5.39. The van der Waals surface area contributed by atoms with Crippen molar-refractivity contribution in [3.63, 3.8) is 0 Å². The average Bonchev–Trinajstić information content (AvgIpc) is 2.71. The molecule has 0 bridgehead atoms. The van der Waals surface area contributed by atoms with Crippen LogP contribution in [0.2, 0.25) is 0 Å². The fraction of sp³-hybridized carbons (Fsp3) is 0.769. The summed E-state index contributed by atoms with van der Waals surface area (Å²) in [5.41, 5.74) is 0.962. The van der Waals surface area contributed by atoms with Crippen LogP contribution >= 0.6 is 0 Å². The Balaban J connectivity index is 1.81. The van der Waals surface area contributed by atoms with E-state index in [2.05, 4.69) is 13.8 Å². The number of hydrogen-bond donors (Lipinski definition) is 1. The highest BCUT2D eigenvalue weighted by atomic mass is 16.5. The van der Waals surface area contributed by atoms with E-state index in [1.807, 2.05) is 12.1 Å². The molecule has 0 unspecified atom stereocenters. The minimum absolute atomic E-state index is 0.372. The Morgan fingerprint density at radius 3 is 1.57 bits per heavy atom. The van der Waals surface area contributed by atoms with E-state index < -0.39 is 0 Å². The molecule has 0 fully saturated rings. The SMILES string of the molecule is CCCCCCCCCCCCCCCCCCOc1ccc(O)c(CC)c1. The molecule has 2 nitrogen and oxygen atoms in total. The summed E-state index contributed by atoms with van der Waals surface area (Å²) in [6.45, 7) is 5.12. The molecule has 1 aromatic carbocycles. The third-order valence-electron chi connectivity index (χ3n) is 5.70. The van der Waals surface area contributed by atoms with Gasteiger partial charge in [-0.05, 0) is 36.6 Å². The summed E-state index contributed by atoms with van der Waals surface area (Å²) < 4.78 is 5.81. The molecule has 0 saturated carbocycles. The second-order valence-corrected chi connectivity index (χ2v) is 8.30. The number of phenolic OH excluding ortho intramolecular Hbond substituents is 1. The van der Waals surface area contributed by atoms with Gasteiger partial charge in [-0.25, -0.2) is 0 Å². The standard InChI is InChI=1S/C26H46O2/c1-3-5-6-7-8-9-10-11-12-13-14-15-16-17-18-19-22-28-25-20-21-26(27)24(4-2)23-25/h20-21,23,27H,3-19,22H2,1-2H3. The third kappa shape index (κ3) is 13.1. The lowest BCUT2D eigenvalue weighted by molar-refractivity contribution is 0.303. The van der Waals surface area contributed by atoms with Crippen molar-refractivity contribution in [2.75, 3.05) is 6.61 Å². The minimum atomic E-state index is 0.372. The minimum Gasteiger partial charge on any atom is -0.508 e. The van der Waals surface area contributed by atoms with Crippen molar-refractivity contribution in [3.8, 4) is 11.5 Å². The van der Waals surface area contributed by atoms with Crippen molar-refractivity contribution in [2.45, 2.75) is 123 Å². The van der Waals surface area contributed by atoms with Crippen LogP contribution in [0.15, 0.2) is 18.2 Å². The second-order valence-electron chi connectivity index (χ2n) is 8.30. The lowest BCUT2D eigenvalue weighted by Crippen LogP contribution is -1.98. The maximum atomic E-state index is 9.70. The molecule has 0 aliphatic heterocycles. The molecular formula is C26H46O2.